The van der Waals surface area contributed by atoms with Crippen molar-refractivity contribution >= 4 is 116 Å². The summed E-state index contributed by atoms with van der Waals surface area (Å²) in [6.45, 7) is 6.06. The maximum absolute atomic E-state index is 13.6. The van der Waals surface area contributed by atoms with E-state index in [1.54, 1.807) is 36.4 Å². The van der Waals surface area contributed by atoms with Crippen LogP contribution in [-0.4, -0.2) is 59.0 Å². The summed E-state index contributed by atoms with van der Waals surface area (Å²) in [6.07, 6.45) is 2.04. The molecule has 0 aliphatic carbocycles. The topological polar surface area (TPSA) is 200 Å². The minimum absolute atomic E-state index is 0.134. The Hall–Kier alpha value is -6.32. The Kier molecular flexibility index (Phi) is 18.6. The fourth-order valence-electron chi connectivity index (χ4n) is 6.55. The molecule has 2 atom stereocenters. The predicted molar refractivity (Wildman–Crippen MR) is 261 cm³/mol. The number of hydrogen-bond acceptors (Lipinski definition) is 10. The van der Waals surface area contributed by atoms with Gasteiger partial charge in [0.05, 0.1) is 11.4 Å². The Balaban J connectivity index is 1.29. The van der Waals surface area contributed by atoms with Crippen LogP contribution in [0, 0.1) is 0 Å². The summed E-state index contributed by atoms with van der Waals surface area (Å²) in [5, 5.41) is 27.9. The van der Waals surface area contributed by atoms with Crippen molar-refractivity contribution in [3.05, 3.63) is 140 Å². The molecule has 4 N–H and O–H groups in total. The molecule has 0 fully saturated rings. The Bertz CT molecular complexity index is 2530. The van der Waals surface area contributed by atoms with Crippen LogP contribution in [0.2, 0.25) is 10.0 Å². The smallest absolute Gasteiger partial charge is 0.258 e. The minimum Gasteiger partial charge on any atom is -0.323 e. The monoisotopic (exact) mass is 970 g/mol. The van der Waals surface area contributed by atoms with Gasteiger partial charge in [0.2, 0.25) is 12.1 Å². The first kappa shape index (κ1) is 50.7. The van der Waals surface area contributed by atoms with E-state index in [1.165, 1.54) is 50.2 Å². The van der Waals surface area contributed by atoms with Gasteiger partial charge in [0, 0.05) is 55.7 Å². The number of carbonyl (C=O) groups is 6. The van der Waals surface area contributed by atoms with Gasteiger partial charge in [-0.1, -0.05) is 61.3 Å². The third kappa shape index (κ3) is 14.3. The first-order valence-corrected chi connectivity index (χ1v) is 22.6. The first-order chi connectivity index (χ1) is 31.6. The molecule has 0 spiro atoms. The predicted octanol–water partition coefficient (Wildman–Crippen LogP) is 11.5. The van der Waals surface area contributed by atoms with Crippen LogP contribution in [0.3, 0.4) is 0 Å². The van der Waals surface area contributed by atoms with Crippen LogP contribution in [-0.2, 0) is 44.9 Å². The van der Waals surface area contributed by atoms with Crippen molar-refractivity contribution in [2.75, 3.05) is 33.0 Å². The highest BCUT2D eigenvalue weighted by Crippen LogP contribution is 2.29. The van der Waals surface area contributed by atoms with Gasteiger partial charge in [0.25, 0.3) is 23.6 Å². The fraction of sp³-hybridized carbons (Fsp3) is 0.250. The molecule has 14 nitrogen and oxygen atoms in total. The molecular formula is C48H46Cl4N8O6. The van der Waals surface area contributed by atoms with E-state index in [-0.39, 0.29) is 32.5 Å². The second-order valence-corrected chi connectivity index (χ2v) is 16.5. The van der Waals surface area contributed by atoms with Crippen molar-refractivity contribution in [2.45, 2.75) is 65.5 Å². The number of carbonyl (C=O) groups excluding carboxylic acids is 6. The number of Topliss-reactive ketones (excluding diaryl/α,β-unsaturated/α-hetero) is 2. The molecule has 0 radical (unpaired) electrons. The van der Waals surface area contributed by atoms with Gasteiger partial charge in [0.15, 0.2) is 11.6 Å². The molecule has 0 bridgehead atoms. The van der Waals surface area contributed by atoms with Crippen LogP contribution >= 0.6 is 46.4 Å². The summed E-state index contributed by atoms with van der Waals surface area (Å²) in [5.74, 6) is -2.82. The largest absolute Gasteiger partial charge is 0.323 e. The number of benzene rings is 5. The second kappa shape index (κ2) is 24.3. The number of aryl methyl sites for hydroxylation is 4. The van der Waals surface area contributed by atoms with E-state index in [0.717, 1.165) is 11.1 Å². The van der Waals surface area contributed by atoms with E-state index in [2.05, 4.69) is 41.7 Å². The summed E-state index contributed by atoms with van der Waals surface area (Å²) in [4.78, 5) is 79.0. The van der Waals surface area contributed by atoms with Gasteiger partial charge in [0.1, 0.15) is 0 Å². The molecule has 5 aromatic carbocycles. The zero-order chi connectivity index (χ0) is 47.9. The maximum Gasteiger partial charge on any atom is 0.258 e. The Morgan fingerprint density at radius 3 is 1.27 bits per heavy atom. The van der Waals surface area contributed by atoms with Gasteiger partial charge < -0.3 is 21.3 Å². The average Bonchev–Trinajstić information content (AvgIpc) is 3.26. The van der Waals surface area contributed by atoms with E-state index in [9.17, 15) is 28.8 Å². The Labute approximate surface area is 402 Å². The summed E-state index contributed by atoms with van der Waals surface area (Å²) in [7, 11) is 0. The van der Waals surface area contributed by atoms with Gasteiger partial charge in [-0.25, -0.2) is 0 Å². The van der Waals surface area contributed by atoms with Gasteiger partial charge in [-0.15, -0.1) is 23.2 Å². The quantitative estimate of drug-likeness (QED) is 0.0340. The van der Waals surface area contributed by atoms with Crippen molar-refractivity contribution in [3.8, 4) is 0 Å². The molecule has 66 heavy (non-hydrogen) atoms. The van der Waals surface area contributed by atoms with Crippen molar-refractivity contribution in [3.63, 3.8) is 0 Å². The third-order valence-corrected chi connectivity index (χ3v) is 10.7. The van der Waals surface area contributed by atoms with Crippen LogP contribution in [0.15, 0.2) is 118 Å². The molecule has 0 saturated carbocycles. The SMILES string of the molecule is CCc1cc(NC(=O)C(N=Nc2cc(Cl)cc(C(=O)Nc3cccc(CCCl)c3)c2)C(C)=O)c(CC)cc1NC(=O)C(N=Nc1cc(Cl)cc(C(=O)Nc2cccc(CCCl)c2)c1)C(C)=O. The number of hydrogen-bond donors (Lipinski definition) is 4. The molecule has 342 valence electrons. The summed E-state index contributed by atoms with van der Waals surface area (Å²) in [6, 6.07) is 23.3. The molecule has 0 heterocycles. The molecule has 5 rings (SSSR count). The molecule has 5 aromatic rings. The molecule has 0 aromatic heterocycles. The van der Waals surface area contributed by atoms with E-state index in [4.69, 9.17) is 46.4 Å². The van der Waals surface area contributed by atoms with E-state index in [0.29, 0.717) is 71.3 Å². The normalized spacial score (nSPS) is 12.1. The molecule has 2 unspecified atom stereocenters. The van der Waals surface area contributed by atoms with Crippen molar-refractivity contribution < 1.29 is 28.8 Å². The number of nitrogens with zero attached hydrogens (tertiary/aromatic N) is 4. The molecule has 0 saturated heterocycles. The highest BCUT2D eigenvalue weighted by molar-refractivity contribution is 6.31. The zero-order valence-electron chi connectivity index (χ0n) is 36.4. The number of nitrogens with one attached hydrogen (secondary N) is 4. The van der Waals surface area contributed by atoms with Crippen LogP contribution < -0.4 is 21.3 Å². The highest BCUT2D eigenvalue weighted by Gasteiger charge is 2.27. The van der Waals surface area contributed by atoms with Gasteiger partial charge in [-0.2, -0.15) is 20.5 Å². The number of azo groups is 2. The number of anilines is 4. The molecular weight excluding hydrogens is 926 g/mol. The lowest BCUT2D eigenvalue weighted by Gasteiger charge is -2.18. The van der Waals surface area contributed by atoms with Gasteiger partial charge in [-0.05, 0) is 135 Å². The standard InChI is InChI=1S/C48H46Cl4N8O6/c1-5-31-23-42(56-48(66)44(28(4)62)60-58-40-22-34(20-36(52)26-40)46(64)54-38-12-8-10-30(18-38)14-16-50)32(6-2)24-41(31)55-47(65)43(27(3)61)59-57-39-21-33(19-35(51)25-39)45(63)53-37-11-7-9-29(17-37)13-15-49/h7-12,17-26,43-44H,5-6,13-16H2,1-4H3,(H,53,63)(H,54,64)(H,55,65)(H,56,66). The van der Waals surface area contributed by atoms with Gasteiger partial charge >= 0.3 is 0 Å². The lowest BCUT2D eigenvalue weighted by atomic mass is 10.0. The maximum atomic E-state index is 13.6. The highest BCUT2D eigenvalue weighted by atomic mass is 35.5. The molecule has 0 aliphatic rings. The third-order valence-electron chi connectivity index (χ3n) is 9.88. The Morgan fingerprint density at radius 2 is 0.924 bits per heavy atom. The molecule has 18 heteroatoms. The van der Waals surface area contributed by atoms with E-state index >= 15 is 0 Å². The average molecular weight is 973 g/mol. The molecule has 0 aliphatic heterocycles. The number of alkyl halides is 2. The van der Waals surface area contributed by atoms with Crippen molar-refractivity contribution in [2.24, 2.45) is 20.5 Å². The number of amides is 4. The van der Waals surface area contributed by atoms with Crippen LogP contribution in [0.4, 0.5) is 34.1 Å². The molecule has 4 amide bonds. The lowest BCUT2D eigenvalue weighted by molar-refractivity contribution is -0.127. The summed E-state index contributed by atoms with van der Waals surface area (Å²) in [5.41, 5.74) is 5.54. The zero-order valence-corrected chi connectivity index (χ0v) is 39.4. The second-order valence-electron chi connectivity index (χ2n) is 14.9. The minimum atomic E-state index is -1.56. The van der Waals surface area contributed by atoms with Crippen LogP contribution in [0.1, 0.15) is 70.7 Å². The number of ketones is 2. The number of halogens is 4. The van der Waals surface area contributed by atoms with Crippen LogP contribution in [0.25, 0.3) is 0 Å². The Morgan fingerprint density at radius 1 is 0.530 bits per heavy atom. The first-order valence-electron chi connectivity index (χ1n) is 20.7. The van der Waals surface area contributed by atoms with E-state index < -0.39 is 47.3 Å². The summed E-state index contributed by atoms with van der Waals surface area (Å²) < 4.78 is 0. The van der Waals surface area contributed by atoms with E-state index in [1.807, 2.05) is 38.1 Å². The lowest BCUT2D eigenvalue weighted by Crippen LogP contribution is -2.33. The van der Waals surface area contributed by atoms with Crippen LogP contribution in [0.5, 0.6) is 0 Å². The van der Waals surface area contributed by atoms with Crippen molar-refractivity contribution in [1.82, 2.24) is 0 Å². The number of rotatable bonds is 20. The summed E-state index contributed by atoms with van der Waals surface area (Å²) >= 11 is 24.4. The fourth-order valence-corrected chi connectivity index (χ4v) is 7.45. The van der Waals surface area contributed by atoms with Crippen molar-refractivity contribution in [1.29, 1.82) is 0 Å². The van der Waals surface area contributed by atoms with Gasteiger partial charge in [-0.3, -0.25) is 28.8 Å².